The number of rotatable bonds is 11. The Labute approximate surface area is 274 Å². The summed E-state index contributed by atoms with van der Waals surface area (Å²) in [5.74, 6) is -8.92. The Balaban J connectivity index is 1.46. The van der Waals surface area contributed by atoms with Crippen molar-refractivity contribution in [1.82, 2.24) is 4.31 Å². The third-order valence-corrected chi connectivity index (χ3v) is 9.31. The molecule has 0 atom stereocenters. The highest BCUT2D eigenvalue weighted by atomic mass is 32.2. The summed E-state index contributed by atoms with van der Waals surface area (Å²) < 4.78 is 58.2. The van der Waals surface area contributed by atoms with Crippen LogP contribution in [0.4, 0.5) is 23.2 Å². The number of carbonyl (C=O) groups excluding carboxylic acids is 1. The number of carbonyl (C=O) groups is 2. The third kappa shape index (κ3) is 8.33. The normalized spacial score (nSPS) is 13.6. The summed E-state index contributed by atoms with van der Waals surface area (Å²) in [5.41, 5.74) is 2.34. The van der Waals surface area contributed by atoms with E-state index in [-0.39, 0.29) is 17.8 Å². The fourth-order valence-electron chi connectivity index (χ4n) is 5.74. The first-order chi connectivity index (χ1) is 22.5. The zero-order chi connectivity index (χ0) is 33.7. The Bertz CT molecular complexity index is 1750. The molecule has 1 amide bonds. The standard InChI is InChI=1S/C36H34F4N2O4S/c1-22-7-14-28(15-8-22)47-41(20-26-17-30(37)34(39)35(40)33(26)38)21-32(44)42(27-13-16-29(36(45)46)31(43)18-27)19-23-9-11-25(12-10-23)24-5-3-2-4-6-24/h7-18,24,43H,2-6,19-21H2,1H3,(H,45,46). The van der Waals surface area contributed by atoms with E-state index < -0.39 is 59.5 Å². The zero-order valence-corrected chi connectivity index (χ0v) is 26.5. The van der Waals surface area contributed by atoms with Crippen LogP contribution in [-0.4, -0.2) is 32.9 Å². The summed E-state index contributed by atoms with van der Waals surface area (Å²) >= 11 is 1.04. The van der Waals surface area contributed by atoms with Gasteiger partial charge in [0, 0.05) is 28.8 Å². The SMILES string of the molecule is Cc1ccc(SN(CC(=O)N(Cc2ccc(C3CCCCC3)cc2)c2ccc(C(=O)O)c(O)c2)Cc2cc(F)c(F)c(F)c2F)cc1. The lowest BCUT2D eigenvalue weighted by Gasteiger charge is -2.28. The molecule has 47 heavy (non-hydrogen) atoms. The van der Waals surface area contributed by atoms with Crippen LogP contribution < -0.4 is 4.90 Å². The van der Waals surface area contributed by atoms with Gasteiger partial charge < -0.3 is 15.1 Å². The molecule has 0 spiro atoms. The van der Waals surface area contributed by atoms with Crippen molar-refractivity contribution >= 4 is 29.5 Å². The van der Waals surface area contributed by atoms with Crippen molar-refractivity contribution in [1.29, 1.82) is 0 Å². The number of halogens is 4. The van der Waals surface area contributed by atoms with Gasteiger partial charge >= 0.3 is 5.97 Å². The highest BCUT2D eigenvalue weighted by Crippen LogP contribution is 2.34. The smallest absolute Gasteiger partial charge is 0.339 e. The molecule has 0 aliphatic heterocycles. The Morgan fingerprint density at radius 2 is 1.51 bits per heavy atom. The molecule has 1 saturated carbocycles. The summed E-state index contributed by atoms with van der Waals surface area (Å²) in [5, 5.41) is 19.9. The molecule has 11 heteroatoms. The second-order valence-corrected chi connectivity index (χ2v) is 12.9. The van der Waals surface area contributed by atoms with Gasteiger partial charge in [0.1, 0.15) is 11.3 Å². The molecule has 0 saturated heterocycles. The monoisotopic (exact) mass is 666 g/mol. The van der Waals surface area contributed by atoms with Gasteiger partial charge in [0.15, 0.2) is 23.3 Å². The molecule has 246 valence electrons. The van der Waals surface area contributed by atoms with Crippen LogP contribution in [0.2, 0.25) is 0 Å². The van der Waals surface area contributed by atoms with Gasteiger partial charge in [0.05, 0.1) is 13.1 Å². The van der Waals surface area contributed by atoms with E-state index in [1.54, 1.807) is 12.1 Å². The Morgan fingerprint density at radius 1 is 0.830 bits per heavy atom. The topological polar surface area (TPSA) is 81.1 Å². The summed E-state index contributed by atoms with van der Waals surface area (Å²) in [6.45, 7) is 1.07. The van der Waals surface area contributed by atoms with Crippen LogP contribution in [0.15, 0.2) is 77.7 Å². The second-order valence-electron chi connectivity index (χ2n) is 11.7. The number of carboxylic acids is 1. The predicted molar refractivity (Wildman–Crippen MR) is 172 cm³/mol. The van der Waals surface area contributed by atoms with E-state index in [0.29, 0.717) is 16.9 Å². The molecule has 0 radical (unpaired) electrons. The van der Waals surface area contributed by atoms with E-state index in [0.717, 1.165) is 35.9 Å². The van der Waals surface area contributed by atoms with E-state index in [2.05, 4.69) is 0 Å². The summed E-state index contributed by atoms with van der Waals surface area (Å²) in [6.07, 6.45) is 5.84. The van der Waals surface area contributed by atoms with Crippen LogP contribution in [0.25, 0.3) is 0 Å². The van der Waals surface area contributed by atoms with E-state index in [9.17, 15) is 37.4 Å². The average molecular weight is 667 g/mol. The minimum Gasteiger partial charge on any atom is -0.507 e. The van der Waals surface area contributed by atoms with E-state index in [1.165, 1.54) is 52.2 Å². The van der Waals surface area contributed by atoms with Crippen molar-refractivity contribution in [2.45, 2.75) is 62.9 Å². The van der Waals surface area contributed by atoms with Gasteiger partial charge in [0.25, 0.3) is 0 Å². The first-order valence-electron chi connectivity index (χ1n) is 15.3. The number of aromatic hydroxyl groups is 1. The lowest BCUT2D eigenvalue weighted by molar-refractivity contribution is -0.118. The van der Waals surface area contributed by atoms with Crippen LogP contribution in [0.3, 0.4) is 0 Å². The lowest BCUT2D eigenvalue weighted by atomic mass is 9.84. The first kappa shape index (κ1) is 34.0. The quantitative estimate of drug-likeness (QED) is 0.0721. The highest BCUT2D eigenvalue weighted by molar-refractivity contribution is 7.97. The fourth-order valence-corrected chi connectivity index (χ4v) is 6.67. The molecule has 1 fully saturated rings. The number of hydrogen-bond acceptors (Lipinski definition) is 5. The van der Waals surface area contributed by atoms with E-state index in [4.69, 9.17) is 0 Å². The lowest BCUT2D eigenvalue weighted by Crippen LogP contribution is -2.38. The van der Waals surface area contributed by atoms with Crippen LogP contribution >= 0.6 is 11.9 Å². The van der Waals surface area contributed by atoms with E-state index in [1.807, 2.05) is 43.3 Å². The number of benzene rings is 4. The molecule has 6 nitrogen and oxygen atoms in total. The minimum atomic E-state index is -1.95. The molecule has 0 bridgehead atoms. The molecule has 4 aromatic carbocycles. The van der Waals surface area contributed by atoms with Gasteiger partial charge in [0.2, 0.25) is 5.91 Å². The third-order valence-electron chi connectivity index (χ3n) is 8.31. The van der Waals surface area contributed by atoms with Gasteiger partial charge in [-0.2, -0.15) is 0 Å². The van der Waals surface area contributed by atoms with Gasteiger partial charge in [-0.3, -0.25) is 4.79 Å². The summed E-state index contributed by atoms with van der Waals surface area (Å²) in [7, 11) is 0. The highest BCUT2D eigenvalue weighted by Gasteiger charge is 2.26. The predicted octanol–water partition coefficient (Wildman–Crippen LogP) is 8.75. The van der Waals surface area contributed by atoms with Crippen molar-refractivity contribution in [2.75, 3.05) is 11.4 Å². The van der Waals surface area contributed by atoms with Crippen molar-refractivity contribution < 1.29 is 37.4 Å². The van der Waals surface area contributed by atoms with Crippen LogP contribution in [-0.2, 0) is 17.9 Å². The van der Waals surface area contributed by atoms with Crippen molar-refractivity contribution in [3.05, 3.63) is 124 Å². The van der Waals surface area contributed by atoms with Crippen LogP contribution in [0.1, 0.15) is 70.6 Å². The zero-order valence-electron chi connectivity index (χ0n) is 25.7. The number of carboxylic acid groups (broad SMARTS) is 1. The molecule has 1 aliphatic rings. The van der Waals surface area contributed by atoms with Crippen LogP contribution in [0.5, 0.6) is 5.75 Å². The van der Waals surface area contributed by atoms with Crippen molar-refractivity contribution in [3.8, 4) is 5.75 Å². The molecule has 0 aromatic heterocycles. The first-order valence-corrected chi connectivity index (χ1v) is 16.0. The number of hydrogen-bond donors (Lipinski definition) is 2. The van der Waals surface area contributed by atoms with Crippen molar-refractivity contribution in [2.24, 2.45) is 0 Å². The number of aromatic carboxylic acids is 1. The number of anilines is 1. The van der Waals surface area contributed by atoms with Gasteiger partial charge in [-0.1, -0.05) is 61.2 Å². The Kier molecular flexibility index (Phi) is 10.9. The van der Waals surface area contributed by atoms with Crippen LogP contribution in [0, 0.1) is 30.2 Å². The molecular weight excluding hydrogens is 632 g/mol. The molecule has 4 aromatic rings. The van der Waals surface area contributed by atoms with Gasteiger partial charge in [-0.05, 0) is 79.1 Å². The average Bonchev–Trinajstić information content (AvgIpc) is 3.06. The maximum Gasteiger partial charge on any atom is 0.339 e. The molecule has 2 N–H and O–H groups in total. The number of amides is 1. The van der Waals surface area contributed by atoms with E-state index >= 15 is 0 Å². The molecule has 0 heterocycles. The molecule has 5 rings (SSSR count). The molecule has 0 unspecified atom stereocenters. The number of aryl methyl sites for hydroxylation is 1. The fraction of sp³-hybridized carbons (Fsp3) is 0.278. The summed E-state index contributed by atoms with van der Waals surface area (Å²) in [4.78, 5) is 27.6. The largest absolute Gasteiger partial charge is 0.507 e. The van der Waals surface area contributed by atoms with Gasteiger partial charge in [-0.15, -0.1) is 0 Å². The van der Waals surface area contributed by atoms with Crippen molar-refractivity contribution in [3.63, 3.8) is 0 Å². The molecule has 1 aliphatic carbocycles. The summed E-state index contributed by atoms with van der Waals surface area (Å²) in [6, 6.07) is 19.5. The molecular formula is C36H34F4N2O4S. The number of nitrogens with zero attached hydrogens (tertiary/aromatic N) is 2. The number of phenols is 1. The maximum absolute atomic E-state index is 14.8. The second kappa shape index (κ2) is 15.0. The minimum absolute atomic E-state index is 0.0485. The Hall–Kier alpha value is -4.35. The maximum atomic E-state index is 14.8. The Morgan fingerprint density at radius 3 is 2.15 bits per heavy atom. The van der Waals surface area contributed by atoms with Gasteiger partial charge in [-0.25, -0.2) is 26.7 Å².